The van der Waals surface area contributed by atoms with Crippen LogP contribution in [-0.2, 0) is 0 Å². The van der Waals surface area contributed by atoms with Gasteiger partial charge in [-0.25, -0.2) is 0 Å². The van der Waals surface area contributed by atoms with Crippen molar-refractivity contribution in [3.05, 3.63) is 6.20 Å². The maximum Gasteiger partial charge on any atom is 0.248 e. The number of piperidine rings is 1. The molecule has 66 valence electrons. The quantitative estimate of drug-likeness (QED) is 0.639. The molecule has 1 aromatic rings. The van der Waals surface area contributed by atoms with Gasteiger partial charge in [0.15, 0.2) is 0 Å². The van der Waals surface area contributed by atoms with E-state index in [1.807, 2.05) is 0 Å². The smallest absolute Gasteiger partial charge is 0.248 e. The molecule has 1 aliphatic rings. The minimum Gasteiger partial charge on any atom is -0.338 e. The Morgan fingerprint density at radius 2 is 2.58 bits per heavy atom. The summed E-state index contributed by atoms with van der Waals surface area (Å²) in [5.41, 5.74) is 5.81. The zero-order valence-electron chi connectivity index (χ0n) is 6.81. The van der Waals surface area contributed by atoms with Crippen LogP contribution in [0.1, 0.15) is 12.8 Å². The van der Waals surface area contributed by atoms with Crippen molar-refractivity contribution in [2.24, 2.45) is 5.73 Å². The molecule has 2 N–H and O–H groups in total. The summed E-state index contributed by atoms with van der Waals surface area (Å²) in [7, 11) is 0. The normalized spacial score (nSPS) is 24.4. The van der Waals surface area contributed by atoms with E-state index < -0.39 is 0 Å². The molecule has 2 rings (SSSR count). The average Bonchev–Trinajstić information content (AvgIpc) is 2.56. The van der Waals surface area contributed by atoms with Gasteiger partial charge in [0.1, 0.15) is 6.20 Å². The first-order valence-electron chi connectivity index (χ1n) is 4.14. The van der Waals surface area contributed by atoms with Crippen molar-refractivity contribution in [3.8, 4) is 0 Å². The van der Waals surface area contributed by atoms with Gasteiger partial charge in [-0.3, -0.25) is 0 Å². The van der Waals surface area contributed by atoms with Gasteiger partial charge in [-0.05, 0) is 12.8 Å². The Morgan fingerprint density at radius 3 is 3.25 bits per heavy atom. The summed E-state index contributed by atoms with van der Waals surface area (Å²) in [5, 5.41) is 7.04. The second kappa shape index (κ2) is 3.10. The number of nitrogens with two attached hydrogens (primary N) is 1. The summed E-state index contributed by atoms with van der Waals surface area (Å²) >= 11 is 0. The molecule has 0 saturated carbocycles. The van der Waals surface area contributed by atoms with Crippen molar-refractivity contribution in [1.82, 2.24) is 10.4 Å². The molecule has 0 aromatic carbocycles. The number of anilines is 1. The van der Waals surface area contributed by atoms with Crippen LogP contribution in [0.4, 0.5) is 5.88 Å². The van der Waals surface area contributed by atoms with Crippen LogP contribution in [-0.4, -0.2) is 29.5 Å². The largest absolute Gasteiger partial charge is 0.338 e. The van der Waals surface area contributed by atoms with Crippen LogP contribution in [0.15, 0.2) is 10.7 Å². The predicted octanol–water partition coefficient (Wildman–Crippen LogP) is -0.00290. The van der Waals surface area contributed by atoms with Crippen LogP contribution in [0.5, 0.6) is 0 Å². The predicted molar refractivity (Wildman–Crippen MR) is 43.7 cm³/mol. The van der Waals surface area contributed by atoms with Gasteiger partial charge in [0, 0.05) is 24.4 Å². The lowest BCUT2D eigenvalue weighted by Crippen LogP contribution is -2.42. The minimum absolute atomic E-state index is 0.254. The first kappa shape index (κ1) is 7.54. The molecule has 2 heterocycles. The Bertz CT molecular complexity index is 236. The van der Waals surface area contributed by atoms with Gasteiger partial charge in [-0.2, -0.15) is 0 Å². The number of hydrogen-bond acceptors (Lipinski definition) is 5. The van der Waals surface area contributed by atoms with Crippen molar-refractivity contribution >= 4 is 5.88 Å². The van der Waals surface area contributed by atoms with Gasteiger partial charge in [-0.15, -0.1) is 5.10 Å². The third-order valence-corrected chi connectivity index (χ3v) is 2.12. The minimum atomic E-state index is 0.254. The van der Waals surface area contributed by atoms with Crippen molar-refractivity contribution in [2.45, 2.75) is 18.9 Å². The molecule has 0 aliphatic carbocycles. The molecule has 0 spiro atoms. The lowest BCUT2D eigenvalue weighted by Gasteiger charge is -2.29. The summed E-state index contributed by atoms with van der Waals surface area (Å²) in [6, 6.07) is 0.254. The van der Waals surface area contributed by atoms with E-state index in [4.69, 9.17) is 10.3 Å². The second-order valence-electron chi connectivity index (χ2n) is 3.10. The molecule has 1 aromatic heterocycles. The van der Waals surface area contributed by atoms with Crippen LogP contribution in [0, 0.1) is 0 Å². The van der Waals surface area contributed by atoms with E-state index in [9.17, 15) is 0 Å². The highest BCUT2D eigenvalue weighted by Crippen LogP contribution is 2.16. The van der Waals surface area contributed by atoms with E-state index >= 15 is 0 Å². The number of hydrogen-bond donors (Lipinski definition) is 1. The van der Waals surface area contributed by atoms with Crippen LogP contribution in [0.3, 0.4) is 0 Å². The van der Waals surface area contributed by atoms with Crippen molar-refractivity contribution in [1.29, 1.82) is 0 Å². The molecule has 12 heavy (non-hydrogen) atoms. The Balaban J connectivity index is 2.04. The van der Waals surface area contributed by atoms with Crippen molar-refractivity contribution < 1.29 is 4.52 Å². The van der Waals surface area contributed by atoms with E-state index in [0.717, 1.165) is 31.8 Å². The van der Waals surface area contributed by atoms with Crippen LogP contribution in [0.25, 0.3) is 0 Å². The number of aromatic nitrogens is 2. The first-order valence-corrected chi connectivity index (χ1v) is 4.14. The molecule has 0 bridgehead atoms. The molecule has 1 saturated heterocycles. The molecule has 1 fully saturated rings. The highest BCUT2D eigenvalue weighted by Gasteiger charge is 2.19. The molecular weight excluding hydrogens is 156 g/mol. The zero-order chi connectivity index (χ0) is 8.39. The Hall–Kier alpha value is -1.10. The SMILES string of the molecule is NC1CCCN(c2cnno2)C1. The van der Waals surface area contributed by atoms with Gasteiger partial charge in [0.2, 0.25) is 5.88 Å². The highest BCUT2D eigenvalue weighted by atomic mass is 16.5. The standard InChI is InChI=1S/C7H12N4O/c8-6-2-1-3-11(5-6)7-4-9-10-12-7/h4,6H,1-3,5,8H2. The van der Waals surface area contributed by atoms with Gasteiger partial charge in [-0.1, -0.05) is 0 Å². The number of nitrogens with zero attached hydrogens (tertiary/aromatic N) is 3. The molecule has 5 heteroatoms. The Labute approximate surface area is 70.5 Å². The molecule has 5 nitrogen and oxygen atoms in total. The summed E-state index contributed by atoms with van der Waals surface area (Å²) in [5.74, 6) is 0.727. The van der Waals surface area contributed by atoms with E-state index in [-0.39, 0.29) is 6.04 Å². The highest BCUT2D eigenvalue weighted by molar-refractivity contribution is 5.31. The fourth-order valence-electron chi connectivity index (χ4n) is 1.51. The van der Waals surface area contributed by atoms with Crippen LogP contribution in [0.2, 0.25) is 0 Å². The second-order valence-corrected chi connectivity index (χ2v) is 3.10. The molecule has 1 unspecified atom stereocenters. The van der Waals surface area contributed by atoms with Gasteiger partial charge in [0.25, 0.3) is 0 Å². The molecule has 1 aliphatic heterocycles. The van der Waals surface area contributed by atoms with Gasteiger partial charge >= 0.3 is 0 Å². The van der Waals surface area contributed by atoms with Crippen LogP contribution >= 0.6 is 0 Å². The maximum absolute atomic E-state index is 5.81. The molecular formula is C7H12N4O. The summed E-state index contributed by atoms with van der Waals surface area (Å²) in [4.78, 5) is 2.08. The molecule has 0 amide bonds. The fourth-order valence-corrected chi connectivity index (χ4v) is 1.51. The van der Waals surface area contributed by atoms with E-state index in [1.54, 1.807) is 6.20 Å². The summed E-state index contributed by atoms with van der Waals surface area (Å²) in [6.45, 7) is 1.83. The van der Waals surface area contributed by atoms with Gasteiger partial charge < -0.3 is 15.2 Å². The molecule has 1 atom stereocenters. The van der Waals surface area contributed by atoms with Crippen LogP contribution < -0.4 is 10.6 Å². The fraction of sp³-hybridized carbons (Fsp3) is 0.714. The van der Waals surface area contributed by atoms with Gasteiger partial charge in [0.05, 0.1) is 0 Å². The monoisotopic (exact) mass is 168 g/mol. The lowest BCUT2D eigenvalue weighted by molar-refractivity contribution is 0.377. The summed E-state index contributed by atoms with van der Waals surface area (Å²) in [6.07, 6.45) is 3.83. The van der Waals surface area contributed by atoms with E-state index in [0.29, 0.717) is 0 Å². The number of rotatable bonds is 1. The third kappa shape index (κ3) is 1.40. The summed E-state index contributed by atoms with van der Waals surface area (Å²) < 4.78 is 4.93. The van der Waals surface area contributed by atoms with Crippen molar-refractivity contribution in [2.75, 3.05) is 18.0 Å². The van der Waals surface area contributed by atoms with E-state index in [2.05, 4.69) is 15.3 Å². The van der Waals surface area contributed by atoms with Crippen molar-refractivity contribution in [3.63, 3.8) is 0 Å². The Kier molecular flexibility index (Phi) is 1.95. The first-order chi connectivity index (χ1) is 5.86. The molecule has 0 radical (unpaired) electrons. The third-order valence-electron chi connectivity index (χ3n) is 2.12. The zero-order valence-corrected chi connectivity index (χ0v) is 6.81. The topological polar surface area (TPSA) is 68.2 Å². The average molecular weight is 168 g/mol. The maximum atomic E-state index is 5.81. The lowest BCUT2D eigenvalue weighted by atomic mass is 10.1. The van der Waals surface area contributed by atoms with E-state index in [1.165, 1.54) is 0 Å². The Morgan fingerprint density at radius 1 is 1.67 bits per heavy atom.